The molecule has 2 radical (unpaired) electrons. The highest BCUT2D eigenvalue weighted by Gasteiger charge is 2.13. The Kier molecular flexibility index (Phi) is 1.75. The molecule has 0 unspecified atom stereocenters. The average molecular weight is 136 g/mol. The van der Waals surface area contributed by atoms with E-state index in [-0.39, 0.29) is 5.97 Å². The van der Waals surface area contributed by atoms with E-state index in [1.807, 2.05) is 6.92 Å². The normalized spacial score (nSPS) is 22.1. The van der Waals surface area contributed by atoms with Crippen LogP contribution in [-0.4, -0.2) is 22.3 Å². The summed E-state index contributed by atoms with van der Waals surface area (Å²) in [6, 6.07) is 0. The zero-order valence-electron chi connectivity index (χ0n) is 5.05. The molecular weight excluding hydrogens is 131 g/mol. The second-order valence-electron chi connectivity index (χ2n) is 1.68. The average Bonchev–Trinajstić information content (AvgIpc) is 2.13. The van der Waals surface area contributed by atoms with E-state index >= 15 is 0 Å². The quantitative estimate of drug-likeness (QED) is 0.358. The molecular formula is C6H5AlO2. The van der Waals surface area contributed by atoms with Gasteiger partial charge in [0.25, 0.3) is 0 Å². The van der Waals surface area contributed by atoms with Gasteiger partial charge in [0.2, 0.25) is 0 Å². The Morgan fingerprint density at radius 2 is 2.44 bits per heavy atom. The standard InChI is InChI=1S/C6H5O2.Al/c1-2-5-3-4-6(7)8-5;/h2-3H,1H3;/b5-2-;. The lowest BCUT2D eigenvalue weighted by atomic mass is 10.4. The van der Waals surface area contributed by atoms with Gasteiger partial charge in [-0.2, -0.15) is 0 Å². The molecule has 0 saturated heterocycles. The number of ether oxygens (including phenoxy) is 1. The van der Waals surface area contributed by atoms with Crippen LogP contribution < -0.4 is 0 Å². The summed E-state index contributed by atoms with van der Waals surface area (Å²) in [4.78, 5) is 10.6. The molecule has 0 bridgehead atoms. The molecule has 0 saturated carbocycles. The monoisotopic (exact) mass is 136 g/mol. The van der Waals surface area contributed by atoms with Crippen LogP contribution in [0, 0.1) is 0 Å². The molecule has 9 heavy (non-hydrogen) atoms. The van der Waals surface area contributed by atoms with Crippen molar-refractivity contribution >= 4 is 22.3 Å². The smallest absolute Gasteiger partial charge is 0.320 e. The van der Waals surface area contributed by atoms with E-state index in [0.29, 0.717) is 10.2 Å². The van der Waals surface area contributed by atoms with Crippen LogP contribution in [-0.2, 0) is 9.53 Å². The molecule has 0 fully saturated rings. The second kappa shape index (κ2) is 2.38. The van der Waals surface area contributed by atoms with Gasteiger partial charge in [-0.3, -0.25) is 0 Å². The minimum atomic E-state index is -0.270. The highest BCUT2D eigenvalue weighted by molar-refractivity contribution is 6.36. The number of esters is 1. The van der Waals surface area contributed by atoms with E-state index < -0.39 is 0 Å². The van der Waals surface area contributed by atoms with Crippen molar-refractivity contribution in [1.29, 1.82) is 0 Å². The van der Waals surface area contributed by atoms with Gasteiger partial charge in [-0.15, -0.1) is 0 Å². The van der Waals surface area contributed by atoms with Gasteiger partial charge in [0.05, 0.1) is 0 Å². The minimum absolute atomic E-state index is 0.270. The first-order chi connectivity index (χ1) is 4.24. The van der Waals surface area contributed by atoms with Crippen LogP contribution >= 0.6 is 0 Å². The number of carbonyl (C=O) groups is 1. The molecule has 44 valence electrons. The first-order valence-electron chi connectivity index (χ1n) is 2.59. The predicted octanol–water partition coefficient (Wildman–Crippen LogP) is 0.499. The van der Waals surface area contributed by atoms with Gasteiger partial charge < -0.3 is 4.74 Å². The van der Waals surface area contributed by atoms with Crippen LogP contribution in [0.5, 0.6) is 0 Å². The Bertz CT molecular complexity index is 203. The third-order valence-corrected chi connectivity index (χ3v) is 1.43. The number of hydrogen-bond acceptors (Lipinski definition) is 2. The summed E-state index contributed by atoms with van der Waals surface area (Å²) in [7, 11) is 0. The minimum Gasteiger partial charge on any atom is -0.425 e. The zero-order valence-corrected chi connectivity index (χ0v) is 6.20. The topological polar surface area (TPSA) is 26.3 Å². The van der Waals surface area contributed by atoms with Crippen LogP contribution in [0.4, 0.5) is 0 Å². The van der Waals surface area contributed by atoms with Gasteiger partial charge in [0.15, 0.2) is 16.3 Å². The van der Waals surface area contributed by atoms with Crippen LogP contribution in [0.15, 0.2) is 22.3 Å². The van der Waals surface area contributed by atoms with Gasteiger partial charge in [0, 0.05) is 0 Å². The molecule has 2 nitrogen and oxygen atoms in total. The number of carbonyl (C=O) groups excluding carboxylic acids is 1. The Balaban J connectivity index is 2.86. The summed E-state index contributed by atoms with van der Waals surface area (Å²) in [6.45, 7) is 1.82. The molecule has 1 aliphatic heterocycles. The summed E-state index contributed by atoms with van der Waals surface area (Å²) in [6.07, 6.45) is 3.43. The SMILES string of the molecule is C/C=C1/C=[C]([Al])C(=O)O1. The third-order valence-electron chi connectivity index (χ3n) is 1.03. The maximum atomic E-state index is 10.6. The third kappa shape index (κ3) is 1.24. The number of allylic oxidation sites excluding steroid dienone is 2. The number of rotatable bonds is 0. The Morgan fingerprint density at radius 3 is 2.67 bits per heavy atom. The molecule has 3 heteroatoms. The van der Waals surface area contributed by atoms with Gasteiger partial charge in [-0.1, -0.05) is 4.44 Å². The van der Waals surface area contributed by atoms with Crippen LogP contribution in [0.3, 0.4) is 0 Å². The molecule has 1 aliphatic rings. The molecule has 0 aromatic rings. The molecule has 1 heterocycles. The van der Waals surface area contributed by atoms with Crippen molar-refractivity contribution in [3.8, 4) is 0 Å². The summed E-state index contributed by atoms with van der Waals surface area (Å²) < 4.78 is 5.32. The van der Waals surface area contributed by atoms with Crippen molar-refractivity contribution in [2.24, 2.45) is 0 Å². The van der Waals surface area contributed by atoms with Crippen LogP contribution in [0.2, 0.25) is 0 Å². The first kappa shape index (κ1) is 6.60. The fourth-order valence-electron chi connectivity index (χ4n) is 0.550. The highest BCUT2D eigenvalue weighted by Crippen LogP contribution is 2.12. The van der Waals surface area contributed by atoms with E-state index in [0.717, 1.165) is 0 Å². The van der Waals surface area contributed by atoms with E-state index in [9.17, 15) is 4.79 Å². The van der Waals surface area contributed by atoms with E-state index in [2.05, 4.69) is 16.3 Å². The molecule has 0 aliphatic carbocycles. The van der Waals surface area contributed by atoms with E-state index in [1.54, 1.807) is 12.2 Å². The zero-order chi connectivity index (χ0) is 6.85. The summed E-state index contributed by atoms with van der Waals surface area (Å²) in [5.74, 6) is 0.359. The summed E-state index contributed by atoms with van der Waals surface area (Å²) in [5.41, 5.74) is 0. The molecule has 0 amide bonds. The van der Waals surface area contributed by atoms with Crippen molar-refractivity contribution in [2.75, 3.05) is 0 Å². The highest BCUT2D eigenvalue weighted by atomic mass is 27.0. The van der Waals surface area contributed by atoms with Crippen LogP contribution in [0.25, 0.3) is 0 Å². The maximum Gasteiger partial charge on any atom is 0.320 e. The largest absolute Gasteiger partial charge is 0.425 e. The molecule has 0 N–H and O–H groups in total. The number of hydrogen-bond donors (Lipinski definition) is 0. The Labute approximate surface area is 61.6 Å². The molecule has 0 atom stereocenters. The molecule has 1 rings (SSSR count). The van der Waals surface area contributed by atoms with E-state index in [4.69, 9.17) is 4.74 Å². The number of cyclic esters (lactones) is 1. The summed E-state index contributed by atoms with van der Waals surface area (Å²) in [5, 5.41) is 0. The molecule has 0 aromatic carbocycles. The van der Waals surface area contributed by atoms with E-state index in [1.165, 1.54) is 0 Å². The molecule has 0 spiro atoms. The lowest BCUT2D eigenvalue weighted by Gasteiger charge is -1.91. The van der Waals surface area contributed by atoms with Gasteiger partial charge in [-0.05, 0) is 19.1 Å². The fourth-order valence-corrected chi connectivity index (χ4v) is 0.773. The van der Waals surface area contributed by atoms with Gasteiger partial charge >= 0.3 is 5.97 Å². The van der Waals surface area contributed by atoms with Gasteiger partial charge in [0.1, 0.15) is 5.76 Å². The van der Waals surface area contributed by atoms with Crippen molar-refractivity contribution in [2.45, 2.75) is 6.92 Å². The Morgan fingerprint density at radius 1 is 1.78 bits per heavy atom. The van der Waals surface area contributed by atoms with Crippen molar-refractivity contribution in [3.63, 3.8) is 0 Å². The predicted molar refractivity (Wildman–Crippen MR) is 33.7 cm³/mol. The fraction of sp³-hybridized carbons (Fsp3) is 0.167. The lowest BCUT2D eigenvalue weighted by Crippen LogP contribution is -1.97. The first-order valence-corrected chi connectivity index (χ1v) is 3.17. The molecule has 0 aromatic heterocycles. The van der Waals surface area contributed by atoms with Crippen LogP contribution in [0.1, 0.15) is 6.92 Å². The lowest BCUT2D eigenvalue weighted by molar-refractivity contribution is -0.132. The van der Waals surface area contributed by atoms with Crippen molar-refractivity contribution < 1.29 is 9.53 Å². The van der Waals surface area contributed by atoms with Crippen molar-refractivity contribution in [1.82, 2.24) is 0 Å². The summed E-state index contributed by atoms with van der Waals surface area (Å²) >= 11 is 2.31. The Hall–Kier alpha value is -0.518. The van der Waals surface area contributed by atoms with Gasteiger partial charge in [-0.25, -0.2) is 4.79 Å². The van der Waals surface area contributed by atoms with Crippen molar-refractivity contribution in [3.05, 3.63) is 22.3 Å². The maximum absolute atomic E-state index is 10.6. The second-order valence-corrected chi connectivity index (χ2v) is 2.30.